The summed E-state index contributed by atoms with van der Waals surface area (Å²) in [5.74, 6) is -0.00190. The van der Waals surface area contributed by atoms with Crippen molar-refractivity contribution < 1.29 is 28.5 Å². The van der Waals surface area contributed by atoms with Crippen LogP contribution in [0.2, 0.25) is 0 Å². The predicted octanol–water partition coefficient (Wildman–Crippen LogP) is 2.75. The quantitative estimate of drug-likeness (QED) is 0.213. The first-order chi connectivity index (χ1) is 16.3. The fourth-order valence-electron chi connectivity index (χ4n) is 3.62. The average Bonchev–Trinajstić information content (AvgIpc) is 2.81. The van der Waals surface area contributed by atoms with Crippen molar-refractivity contribution in [1.82, 2.24) is 5.32 Å². The van der Waals surface area contributed by atoms with Gasteiger partial charge in [-0.1, -0.05) is 43.5 Å². The summed E-state index contributed by atoms with van der Waals surface area (Å²) in [5.41, 5.74) is 2.01. The first kappa shape index (κ1) is 28.2. The van der Waals surface area contributed by atoms with Crippen molar-refractivity contribution in [3.63, 3.8) is 0 Å². The number of ether oxygens (including phenoxy) is 1. The molecule has 9 heteroatoms. The van der Waals surface area contributed by atoms with Gasteiger partial charge in [0.15, 0.2) is 0 Å². The number of aliphatic hydroxyl groups is 2. The first-order valence-electron chi connectivity index (χ1n) is 11.8. The normalized spacial score (nSPS) is 12.7. The molecule has 0 fully saturated rings. The van der Waals surface area contributed by atoms with Crippen molar-refractivity contribution in [2.45, 2.75) is 62.6 Å². The molecule has 0 heterocycles. The van der Waals surface area contributed by atoms with Crippen molar-refractivity contribution >= 4 is 10.0 Å². The first-order valence-corrected chi connectivity index (χ1v) is 13.4. The summed E-state index contributed by atoms with van der Waals surface area (Å²) < 4.78 is 28.5. The van der Waals surface area contributed by atoms with Crippen LogP contribution in [0.4, 0.5) is 0 Å². The number of primary sulfonamides is 1. The second-order valence-corrected chi connectivity index (χ2v) is 10.0. The second-order valence-electron chi connectivity index (χ2n) is 8.44. The van der Waals surface area contributed by atoms with Gasteiger partial charge in [-0.3, -0.25) is 0 Å². The van der Waals surface area contributed by atoms with E-state index in [4.69, 9.17) is 15.0 Å². The van der Waals surface area contributed by atoms with Crippen LogP contribution in [0, 0.1) is 0 Å². The highest BCUT2D eigenvalue weighted by atomic mass is 32.2. The zero-order chi connectivity index (χ0) is 24.8. The molecule has 0 spiro atoms. The Hall–Kier alpha value is -2.01. The van der Waals surface area contributed by atoms with Crippen LogP contribution in [0.1, 0.15) is 61.3 Å². The number of aromatic hydroxyl groups is 1. The van der Waals surface area contributed by atoms with Gasteiger partial charge in [-0.25, -0.2) is 13.6 Å². The van der Waals surface area contributed by atoms with Crippen molar-refractivity contribution in [3.05, 3.63) is 59.2 Å². The van der Waals surface area contributed by atoms with E-state index in [9.17, 15) is 18.6 Å². The summed E-state index contributed by atoms with van der Waals surface area (Å²) in [6.07, 6.45) is 6.26. The summed E-state index contributed by atoms with van der Waals surface area (Å²) >= 11 is 0. The highest BCUT2D eigenvalue weighted by molar-refractivity contribution is 7.89. The van der Waals surface area contributed by atoms with E-state index in [1.807, 2.05) is 6.07 Å². The monoisotopic (exact) mass is 494 g/mol. The molecule has 2 aromatic carbocycles. The largest absolute Gasteiger partial charge is 0.508 e. The highest BCUT2D eigenvalue weighted by Crippen LogP contribution is 2.22. The van der Waals surface area contributed by atoms with Crippen LogP contribution in [0.15, 0.2) is 47.4 Å². The average molecular weight is 495 g/mol. The van der Waals surface area contributed by atoms with Gasteiger partial charge >= 0.3 is 0 Å². The third kappa shape index (κ3) is 10.5. The molecule has 1 unspecified atom stereocenters. The Kier molecular flexibility index (Phi) is 12.5. The number of unbranched alkanes of at least 4 members (excludes halogenated alkanes) is 4. The van der Waals surface area contributed by atoms with Gasteiger partial charge in [0, 0.05) is 25.3 Å². The zero-order valence-electron chi connectivity index (χ0n) is 19.7. The van der Waals surface area contributed by atoms with E-state index < -0.39 is 16.1 Å². The molecule has 2 rings (SSSR count). The van der Waals surface area contributed by atoms with Crippen molar-refractivity contribution in [1.29, 1.82) is 0 Å². The molecule has 190 valence electrons. The Bertz CT molecular complexity index is 968. The van der Waals surface area contributed by atoms with E-state index in [0.717, 1.165) is 63.7 Å². The van der Waals surface area contributed by atoms with Gasteiger partial charge in [0.1, 0.15) is 5.75 Å². The van der Waals surface area contributed by atoms with Crippen LogP contribution in [0.3, 0.4) is 0 Å². The number of benzene rings is 2. The van der Waals surface area contributed by atoms with E-state index in [2.05, 4.69) is 5.32 Å². The summed E-state index contributed by atoms with van der Waals surface area (Å²) in [6, 6.07) is 11.5. The highest BCUT2D eigenvalue weighted by Gasteiger charge is 2.10. The van der Waals surface area contributed by atoms with Crippen LogP contribution in [-0.2, 0) is 27.8 Å². The van der Waals surface area contributed by atoms with E-state index in [1.54, 1.807) is 24.3 Å². The minimum atomic E-state index is -3.66. The minimum absolute atomic E-state index is 0.00190. The third-order valence-electron chi connectivity index (χ3n) is 5.63. The maximum atomic E-state index is 11.4. The molecule has 0 bridgehead atoms. The molecule has 0 saturated heterocycles. The Labute approximate surface area is 202 Å². The predicted molar refractivity (Wildman–Crippen MR) is 132 cm³/mol. The number of phenols is 1. The molecule has 6 N–H and O–H groups in total. The molecule has 34 heavy (non-hydrogen) atoms. The topological polar surface area (TPSA) is 142 Å². The maximum absolute atomic E-state index is 11.4. The summed E-state index contributed by atoms with van der Waals surface area (Å²) in [7, 11) is -3.66. The number of aliphatic hydroxyl groups excluding tert-OH is 2. The van der Waals surface area contributed by atoms with Gasteiger partial charge in [0.25, 0.3) is 0 Å². The van der Waals surface area contributed by atoms with Gasteiger partial charge in [-0.2, -0.15) is 0 Å². The van der Waals surface area contributed by atoms with Gasteiger partial charge in [-0.05, 0) is 61.6 Å². The van der Waals surface area contributed by atoms with Crippen molar-refractivity contribution in [2.75, 3.05) is 26.3 Å². The fourth-order valence-corrected chi connectivity index (χ4v) is 4.21. The molecule has 8 nitrogen and oxygen atoms in total. The van der Waals surface area contributed by atoms with Crippen LogP contribution < -0.4 is 10.5 Å². The van der Waals surface area contributed by atoms with E-state index in [0.29, 0.717) is 24.3 Å². The summed E-state index contributed by atoms with van der Waals surface area (Å²) in [6.45, 7) is 2.38. The molecular weight excluding hydrogens is 456 g/mol. The molecule has 0 aliphatic carbocycles. The second kappa shape index (κ2) is 15.1. The number of nitrogens with one attached hydrogen (secondary N) is 1. The molecule has 0 saturated carbocycles. The smallest absolute Gasteiger partial charge is 0.238 e. The fraction of sp³-hybridized carbons (Fsp3) is 0.520. The Morgan fingerprint density at radius 1 is 0.971 bits per heavy atom. The number of nitrogens with two attached hydrogens (primary N) is 1. The molecule has 0 amide bonds. The van der Waals surface area contributed by atoms with Crippen molar-refractivity contribution in [3.8, 4) is 5.75 Å². The number of hydrogen-bond donors (Lipinski definition) is 5. The molecule has 0 aliphatic rings. The van der Waals surface area contributed by atoms with E-state index in [-0.39, 0.29) is 17.3 Å². The number of sulfonamides is 1. The molecule has 1 atom stereocenters. The van der Waals surface area contributed by atoms with Gasteiger partial charge < -0.3 is 25.4 Å². The molecule has 0 aromatic heterocycles. The van der Waals surface area contributed by atoms with Crippen molar-refractivity contribution in [2.24, 2.45) is 5.14 Å². The maximum Gasteiger partial charge on any atom is 0.238 e. The zero-order valence-corrected chi connectivity index (χ0v) is 20.5. The van der Waals surface area contributed by atoms with Crippen LogP contribution >= 0.6 is 0 Å². The number of rotatable bonds is 17. The SMILES string of the molecule is NS(=O)(=O)c1cccc(CCCOCCCCCCCNCC(O)c2ccc(CO)c(O)c2)c1. The standard InChI is InChI=1S/C25H38N2O6S/c26-34(31,32)23-10-6-8-20(16-23)9-7-15-33-14-5-3-1-2-4-13-27-18-25(30)21-11-12-22(19-28)24(29)17-21/h6,8,10-12,16-17,25,27-30H,1-5,7,9,13-15,18-19H2,(H2,26,31,32). The lowest BCUT2D eigenvalue weighted by Crippen LogP contribution is -2.22. The summed E-state index contributed by atoms with van der Waals surface area (Å²) in [4.78, 5) is 0.145. The van der Waals surface area contributed by atoms with Gasteiger partial charge in [0.05, 0.1) is 17.6 Å². The third-order valence-corrected chi connectivity index (χ3v) is 6.54. The lowest BCUT2D eigenvalue weighted by atomic mass is 10.1. The van der Waals surface area contributed by atoms with Crippen LogP contribution in [0.25, 0.3) is 0 Å². The summed E-state index contributed by atoms with van der Waals surface area (Å²) in [5, 5.41) is 37.4. The Morgan fingerprint density at radius 2 is 1.71 bits per heavy atom. The number of aryl methyl sites for hydroxylation is 1. The van der Waals surface area contributed by atoms with E-state index in [1.165, 1.54) is 12.1 Å². The van der Waals surface area contributed by atoms with E-state index >= 15 is 0 Å². The minimum Gasteiger partial charge on any atom is -0.508 e. The number of hydrogen-bond acceptors (Lipinski definition) is 7. The van der Waals surface area contributed by atoms with Gasteiger partial charge in [0.2, 0.25) is 10.0 Å². The van der Waals surface area contributed by atoms with Crippen LogP contribution in [0.5, 0.6) is 5.75 Å². The van der Waals surface area contributed by atoms with Gasteiger partial charge in [-0.15, -0.1) is 0 Å². The Balaban J connectivity index is 1.43. The molecule has 0 aliphatic heterocycles. The lowest BCUT2D eigenvalue weighted by molar-refractivity contribution is 0.127. The Morgan fingerprint density at radius 3 is 2.44 bits per heavy atom. The van der Waals surface area contributed by atoms with Crippen LogP contribution in [-0.4, -0.2) is 50.0 Å². The molecule has 0 radical (unpaired) electrons. The molecular formula is C25H38N2O6S. The lowest BCUT2D eigenvalue weighted by Gasteiger charge is -2.13. The molecule has 2 aromatic rings.